The summed E-state index contributed by atoms with van der Waals surface area (Å²) in [6, 6.07) is 7.70. The van der Waals surface area contributed by atoms with Gasteiger partial charge >= 0.3 is 0 Å². The van der Waals surface area contributed by atoms with Crippen molar-refractivity contribution in [2.75, 3.05) is 20.2 Å². The fourth-order valence-electron chi connectivity index (χ4n) is 2.87. The molecule has 4 nitrogen and oxygen atoms in total. The van der Waals surface area contributed by atoms with Crippen molar-refractivity contribution in [3.8, 4) is 10.6 Å². The highest BCUT2D eigenvalue weighted by Gasteiger charge is 2.16. The van der Waals surface area contributed by atoms with Crippen LogP contribution < -0.4 is 0 Å². The van der Waals surface area contributed by atoms with Gasteiger partial charge in [0.25, 0.3) is 5.91 Å². The van der Waals surface area contributed by atoms with Crippen molar-refractivity contribution < 1.29 is 9.53 Å². The lowest BCUT2D eigenvalue weighted by Gasteiger charge is -2.18. The monoisotopic (exact) mass is 330 g/mol. The highest BCUT2D eigenvalue weighted by molar-refractivity contribution is 7.13. The van der Waals surface area contributed by atoms with E-state index in [2.05, 4.69) is 4.98 Å². The summed E-state index contributed by atoms with van der Waals surface area (Å²) in [7, 11) is 1.87. The Morgan fingerprint density at radius 3 is 2.87 bits per heavy atom. The molecule has 122 valence electrons. The molecule has 3 rings (SSSR count). The number of ether oxygens (including phenoxy) is 1. The number of thiazole rings is 1. The van der Waals surface area contributed by atoms with Crippen molar-refractivity contribution in [1.82, 2.24) is 9.88 Å². The van der Waals surface area contributed by atoms with Crippen LogP contribution in [-0.4, -0.2) is 42.1 Å². The first kappa shape index (κ1) is 16.1. The summed E-state index contributed by atoms with van der Waals surface area (Å²) in [6.07, 6.45) is 6.56. The predicted octanol–water partition coefficient (Wildman–Crippen LogP) is 3.84. The molecule has 1 aliphatic heterocycles. The van der Waals surface area contributed by atoms with Crippen LogP contribution in [0.15, 0.2) is 35.8 Å². The molecule has 0 radical (unpaired) electrons. The fourth-order valence-corrected chi connectivity index (χ4v) is 3.52. The van der Waals surface area contributed by atoms with Gasteiger partial charge in [-0.3, -0.25) is 4.79 Å². The minimum Gasteiger partial charge on any atom is -0.378 e. The van der Waals surface area contributed by atoms with Gasteiger partial charge in [0.05, 0.1) is 6.10 Å². The molecule has 5 heteroatoms. The summed E-state index contributed by atoms with van der Waals surface area (Å²) in [5.41, 5.74) is 1.78. The first-order valence-corrected chi connectivity index (χ1v) is 8.99. The minimum atomic E-state index is 0.0722. The molecule has 0 unspecified atom stereocenters. The zero-order valence-electron chi connectivity index (χ0n) is 13.4. The van der Waals surface area contributed by atoms with Crippen LogP contribution >= 0.6 is 11.3 Å². The number of benzene rings is 1. The van der Waals surface area contributed by atoms with Gasteiger partial charge < -0.3 is 9.64 Å². The van der Waals surface area contributed by atoms with Crippen LogP contribution in [0.3, 0.4) is 0 Å². The van der Waals surface area contributed by atoms with Gasteiger partial charge in [-0.2, -0.15) is 0 Å². The SMILES string of the molecule is CN(CCC[C@H]1CCCO1)C(=O)c1ccc(-c2nccs2)cc1. The molecular formula is C18H22N2O2S. The van der Waals surface area contributed by atoms with Crippen molar-refractivity contribution in [1.29, 1.82) is 0 Å². The van der Waals surface area contributed by atoms with Crippen molar-refractivity contribution in [3.05, 3.63) is 41.4 Å². The molecule has 0 N–H and O–H groups in total. The molecule has 1 saturated heterocycles. The van der Waals surface area contributed by atoms with E-state index >= 15 is 0 Å². The number of carbonyl (C=O) groups is 1. The van der Waals surface area contributed by atoms with E-state index in [9.17, 15) is 4.79 Å². The molecule has 1 amide bonds. The summed E-state index contributed by atoms with van der Waals surface area (Å²) in [6.45, 7) is 1.66. The maximum atomic E-state index is 12.5. The highest BCUT2D eigenvalue weighted by atomic mass is 32.1. The Morgan fingerprint density at radius 2 is 2.22 bits per heavy atom. The Bertz CT molecular complexity index is 619. The lowest BCUT2D eigenvalue weighted by molar-refractivity contribution is 0.0763. The van der Waals surface area contributed by atoms with Gasteiger partial charge in [0.1, 0.15) is 5.01 Å². The van der Waals surface area contributed by atoms with Crippen LogP contribution in [0.4, 0.5) is 0 Å². The Kier molecular flexibility index (Phi) is 5.41. The topological polar surface area (TPSA) is 42.4 Å². The van der Waals surface area contributed by atoms with Crippen molar-refractivity contribution >= 4 is 17.2 Å². The zero-order chi connectivity index (χ0) is 16.1. The Hall–Kier alpha value is -1.72. The maximum absolute atomic E-state index is 12.5. The normalized spacial score (nSPS) is 17.3. The first-order valence-electron chi connectivity index (χ1n) is 8.11. The van der Waals surface area contributed by atoms with E-state index in [0.717, 1.165) is 48.5 Å². The Balaban J connectivity index is 1.52. The number of rotatable bonds is 6. The quantitative estimate of drug-likeness (QED) is 0.808. The van der Waals surface area contributed by atoms with Gasteiger partial charge in [0.2, 0.25) is 0 Å². The van der Waals surface area contributed by atoms with Gasteiger partial charge in [0.15, 0.2) is 0 Å². The number of carbonyl (C=O) groups excluding carboxylic acids is 1. The third-order valence-electron chi connectivity index (χ3n) is 4.20. The van der Waals surface area contributed by atoms with E-state index < -0.39 is 0 Å². The second-order valence-electron chi connectivity index (χ2n) is 5.92. The van der Waals surface area contributed by atoms with Gasteiger partial charge in [0, 0.05) is 42.9 Å². The molecule has 1 atom stereocenters. The number of aromatic nitrogens is 1. The Labute approximate surface area is 141 Å². The van der Waals surface area contributed by atoms with Gasteiger partial charge in [-0.25, -0.2) is 4.98 Å². The lowest BCUT2D eigenvalue weighted by Crippen LogP contribution is -2.28. The number of amides is 1. The zero-order valence-corrected chi connectivity index (χ0v) is 14.2. The van der Waals surface area contributed by atoms with Crippen LogP contribution in [0.25, 0.3) is 10.6 Å². The molecule has 0 spiro atoms. The summed E-state index contributed by atoms with van der Waals surface area (Å²) >= 11 is 1.60. The van der Waals surface area contributed by atoms with Crippen LogP contribution in [-0.2, 0) is 4.74 Å². The molecule has 23 heavy (non-hydrogen) atoms. The second-order valence-corrected chi connectivity index (χ2v) is 6.81. The largest absolute Gasteiger partial charge is 0.378 e. The summed E-state index contributed by atoms with van der Waals surface area (Å²) < 4.78 is 5.62. The summed E-state index contributed by atoms with van der Waals surface area (Å²) in [4.78, 5) is 18.5. The average Bonchev–Trinajstić information content (AvgIpc) is 3.28. The highest BCUT2D eigenvalue weighted by Crippen LogP contribution is 2.22. The summed E-state index contributed by atoms with van der Waals surface area (Å²) in [5, 5.41) is 2.94. The fraction of sp³-hybridized carbons (Fsp3) is 0.444. The third-order valence-corrected chi connectivity index (χ3v) is 5.02. The van der Waals surface area contributed by atoms with Crippen molar-refractivity contribution in [3.63, 3.8) is 0 Å². The van der Waals surface area contributed by atoms with Crippen LogP contribution in [0.1, 0.15) is 36.0 Å². The van der Waals surface area contributed by atoms with Crippen LogP contribution in [0.2, 0.25) is 0 Å². The molecule has 0 saturated carbocycles. The molecular weight excluding hydrogens is 308 g/mol. The Morgan fingerprint density at radius 1 is 1.39 bits per heavy atom. The van der Waals surface area contributed by atoms with Crippen LogP contribution in [0.5, 0.6) is 0 Å². The van der Waals surface area contributed by atoms with E-state index in [0.29, 0.717) is 6.10 Å². The third kappa shape index (κ3) is 4.18. The lowest BCUT2D eigenvalue weighted by atomic mass is 10.1. The predicted molar refractivity (Wildman–Crippen MR) is 92.7 cm³/mol. The molecule has 0 bridgehead atoms. The smallest absolute Gasteiger partial charge is 0.253 e. The van der Waals surface area contributed by atoms with Gasteiger partial charge in [-0.15, -0.1) is 11.3 Å². The maximum Gasteiger partial charge on any atom is 0.253 e. The molecule has 1 fully saturated rings. The first-order chi connectivity index (χ1) is 11.2. The molecule has 1 aromatic heterocycles. The molecule has 1 aliphatic rings. The second kappa shape index (κ2) is 7.70. The summed E-state index contributed by atoms with van der Waals surface area (Å²) in [5.74, 6) is 0.0722. The van der Waals surface area contributed by atoms with Gasteiger partial charge in [-0.1, -0.05) is 12.1 Å². The van der Waals surface area contributed by atoms with E-state index in [1.54, 1.807) is 22.4 Å². The average molecular weight is 330 g/mol. The molecule has 2 aromatic rings. The van der Waals surface area contributed by atoms with E-state index in [1.165, 1.54) is 6.42 Å². The molecule has 2 heterocycles. The van der Waals surface area contributed by atoms with E-state index in [-0.39, 0.29) is 5.91 Å². The number of nitrogens with zero attached hydrogens (tertiary/aromatic N) is 2. The number of hydrogen-bond donors (Lipinski definition) is 0. The van der Waals surface area contributed by atoms with Crippen molar-refractivity contribution in [2.45, 2.75) is 31.8 Å². The number of hydrogen-bond acceptors (Lipinski definition) is 4. The van der Waals surface area contributed by atoms with Crippen LogP contribution in [0, 0.1) is 0 Å². The van der Waals surface area contributed by atoms with Crippen molar-refractivity contribution in [2.24, 2.45) is 0 Å². The molecule has 0 aliphatic carbocycles. The van der Waals surface area contributed by atoms with E-state index in [1.807, 2.05) is 36.7 Å². The van der Waals surface area contributed by atoms with Gasteiger partial charge in [-0.05, 0) is 37.8 Å². The van der Waals surface area contributed by atoms with E-state index in [4.69, 9.17) is 4.74 Å². The minimum absolute atomic E-state index is 0.0722. The standard InChI is InChI=1S/C18H22N2O2S/c1-20(11-2-4-16-5-3-12-22-16)18(21)15-8-6-14(7-9-15)17-19-10-13-23-17/h6-10,13,16H,2-5,11-12H2,1H3/t16-/m0/s1. The molecule has 1 aromatic carbocycles.